The minimum Gasteiger partial charge on any atom is -0.475 e. The maximum Gasteiger partial charge on any atom is 0.377 e. The van der Waals surface area contributed by atoms with Crippen molar-refractivity contribution in [1.82, 2.24) is 0 Å². The minimum atomic E-state index is -3.21. The fourth-order valence-corrected chi connectivity index (χ4v) is 1.55. The number of fused-ring (bicyclic) bond motifs is 1. The van der Waals surface area contributed by atoms with Gasteiger partial charge in [0.2, 0.25) is 6.79 Å². The molecule has 0 unspecified atom stereocenters. The second-order valence-electron chi connectivity index (χ2n) is 3.78. The summed E-state index contributed by atoms with van der Waals surface area (Å²) in [4.78, 5) is 22.0. The van der Waals surface area contributed by atoms with Crippen LogP contribution in [0.5, 0.6) is 11.5 Å². The summed E-state index contributed by atoms with van der Waals surface area (Å²) < 4.78 is 36.2. The molecule has 2 rings (SSSR count). The van der Waals surface area contributed by atoms with Gasteiger partial charge in [-0.15, -0.1) is 0 Å². The van der Waals surface area contributed by atoms with Crippen LogP contribution in [0.1, 0.15) is 22.8 Å². The third-order valence-electron chi connectivity index (χ3n) is 2.42. The first kappa shape index (κ1) is 12.3. The highest BCUT2D eigenvalue weighted by atomic mass is 19.3. The van der Waals surface area contributed by atoms with Crippen molar-refractivity contribution in [2.45, 2.75) is 12.8 Å². The third-order valence-corrected chi connectivity index (χ3v) is 2.42. The number of halogens is 2. The third kappa shape index (κ3) is 1.99. The van der Waals surface area contributed by atoms with Gasteiger partial charge in [0.1, 0.15) is 0 Å². The van der Waals surface area contributed by atoms with Gasteiger partial charge in [-0.2, -0.15) is 0 Å². The van der Waals surface area contributed by atoms with Gasteiger partial charge in [0.15, 0.2) is 11.5 Å². The van der Waals surface area contributed by atoms with Gasteiger partial charge >= 0.3 is 5.97 Å². The Morgan fingerprint density at radius 2 is 2.00 bits per heavy atom. The van der Waals surface area contributed by atoms with E-state index in [0.29, 0.717) is 6.92 Å². The molecule has 0 amide bonds. The van der Waals surface area contributed by atoms with E-state index in [1.165, 1.54) is 0 Å². The van der Waals surface area contributed by atoms with Crippen LogP contribution in [0, 0.1) is 0 Å². The highest BCUT2D eigenvalue weighted by molar-refractivity contribution is 6.40. The second-order valence-corrected chi connectivity index (χ2v) is 3.78. The molecule has 5 nitrogen and oxygen atoms in total. The molecule has 1 heterocycles. The van der Waals surface area contributed by atoms with Gasteiger partial charge < -0.3 is 14.6 Å². The number of hydrogen-bond donors (Lipinski definition) is 1. The second kappa shape index (κ2) is 3.94. The van der Waals surface area contributed by atoms with Crippen LogP contribution in [-0.4, -0.2) is 23.7 Å². The summed E-state index contributed by atoms with van der Waals surface area (Å²) >= 11 is 0. The van der Waals surface area contributed by atoms with Gasteiger partial charge in [-0.1, -0.05) is 0 Å². The van der Waals surface area contributed by atoms with Crippen molar-refractivity contribution in [3.63, 3.8) is 0 Å². The SMILES string of the molecule is CC(F)(F)c1cc2c(c(C(=O)C(=O)O)c1)OCO2. The molecule has 1 aromatic rings. The van der Waals surface area contributed by atoms with Crippen LogP contribution in [0.3, 0.4) is 0 Å². The molecule has 0 aliphatic carbocycles. The lowest BCUT2D eigenvalue weighted by Crippen LogP contribution is -2.15. The van der Waals surface area contributed by atoms with Crippen LogP contribution < -0.4 is 9.47 Å². The van der Waals surface area contributed by atoms with Crippen molar-refractivity contribution < 1.29 is 33.0 Å². The average Bonchev–Trinajstić information content (AvgIpc) is 2.73. The smallest absolute Gasteiger partial charge is 0.377 e. The summed E-state index contributed by atoms with van der Waals surface area (Å²) in [7, 11) is 0. The molecule has 0 fully saturated rings. The first-order chi connectivity index (χ1) is 8.30. The van der Waals surface area contributed by atoms with Gasteiger partial charge in [0.05, 0.1) is 5.56 Å². The minimum absolute atomic E-state index is 0.0568. The molecule has 1 aromatic carbocycles. The van der Waals surface area contributed by atoms with E-state index in [1.54, 1.807) is 0 Å². The molecular weight excluding hydrogens is 250 g/mol. The summed E-state index contributed by atoms with van der Waals surface area (Å²) in [5.74, 6) is -6.45. The molecule has 0 saturated carbocycles. The molecule has 1 aliphatic heterocycles. The number of Topliss-reactive ketones (excluding diaryl/α,β-unsaturated/α-hetero) is 1. The predicted octanol–water partition coefficient (Wildman–Crippen LogP) is 1.79. The van der Waals surface area contributed by atoms with E-state index in [9.17, 15) is 18.4 Å². The van der Waals surface area contributed by atoms with Crippen molar-refractivity contribution >= 4 is 11.8 Å². The molecule has 1 aliphatic rings. The highest BCUT2D eigenvalue weighted by Gasteiger charge is 2.33. The highest BCUT2D eigenvalue weighted by Crippen LogP contribution is 2.41. The Labute approximate surface area is 99.9 Å². The molecule has 0 bridgehead atoms. The van der Waals surface area contributed by atoms with Crippen LogP contribution in [-0.2, 0) is 10.7 Å². The van der Waals surface area contributed by atoms with Crippen molar-refractivity contribution in [3.05, 3.63) is 23.3 Å². The van der Waals surface area contributed by atoms with Crippen molar-refractivity contribution in [1.29, 1.82) is 0 Å². The zero-order valence-corrected chi connectivity index (χ0v) is 9.20. The largest absolute Gasteiger partial charge is 0.475 e. The zero-order valence-electron chi connectivity index (χ0n) is 9.20. The normalized spacial score (nSPS) is 13.5. The van der Waals surface area contributed by atoms with Crippen molar-refractivity contribution in [3.8, 4) is 11.5 Å². The Kier molecular flexibility index (Phi) is 2.68. The summed E-state index contributed by atoms with van der Waals surface area (Å²) in [5.41, 5.74) is -0.939. The Morgan fingerprint density at radius 3 is 2.56 bits per heavy atom. The standard InChI is InChI=1S/C11H8F2O5/c1-11(12,13)5-2-6(8(14)10(15)16)9-7(3-5)17-4-18-9/h2-3H,4H2,1H3,(H,15,16). The fourth-order valence-electron chi connectivity index (χ4n) is 1.55. The number of carboxylic acid groups (broad SMARTS) is 1. The van der Waals surface area contributed by atoms with Gasteiger partial charge in [0.25, 0.3) is 11.7 Å². The number of carbonyl (C=O) groups excluding carboxylic acids is 1. The van der Waals surface area contributed by atoms with Crippen molar-refractivity contribution in [2.75, 3.05) is 6.79 Å². The quantitative estimate of drug-likeness (QED) is 0.661. The first-order valence-corrected chi connectivity index (χ1v) is 4.90. The topological polar surface area (TPSA) is 72.8 Å². The lowest BCUT2D eigenvalue weighted by Gasteiger charge is -2.12. The Hall–Kier alpha value is -2.18. The number of ether oxygens (including phenoxy) is 2. The van der Waals surface area contributed by atoms with E-state index >= 15 is 0 Å². The van der Waals surface area contributed by atoms with E-state index in [4.69, 9.17) is 14.6 Å². The predicted molar refractivity (Wildman–Crippen MR) is 54.1 cm³/mol. The molecule has 0 saturated heterocycles. The lowest BCUT2D eigenvalue weighted by molar-refractivity contribution is -0.131. The Bertz CT molecular complexity index is 533. The molecule has 0 radical (unpaired) electrons. The molecule has 7 heteroatoms. The van der Waals surface area contributed by atoms with Gasteiger partial charge in [-0.3, -0.25) is 4.79 Å². The summed E-state index contributed by atoms with van der Waals surface area (Å²) in [6.07, 6.45) is 0. The van der Waals surface area contributed by atoms with E-state index in [2.05, 4.69) is 0 Å². The van der Waals surface area contributed by atoms with Crippen LogP contribution in [0.25, 0.3) is 0 Å². The fraction of sp³-hybridized carbons (Fsp3) is 0.273. The monoisotopic (exact) mass is 258 g/mol. The van der Waals surface area contributed by atoms with E-state index in [-0.39, 0.29) is 18.3 Å². The molecule has 0 aromatic heterocycles. The maximum absolute atomic E-state index is 13.2. The van der Waals surface area contributed by atoms with Gasteiger partial charge in [-0.25, -0.2) is 13.6 Å². The number of hydrogen-bond acceptors (Lipinski definition) is 4. The molecular formula is C11H8F2O5. The number of rotatable bonds is 3. The number of carboxylic acids is 1. The molecule has 1 N–H and O–H groups in total. The maximum atomic E-state index is 13.2. The van der Waals surface area contributed by atoms with E-state index in [1.807, 2.05) is 0 Å². The number of aliphatic carboxylic acids is 1. The molecule has 96 valence electrons. The Balaban J connectivity index is 2.61. The average molecular weight is 258 g/mol. The number of carbonyl (C=O) groups is 2. The summed E-state index contributed by atoms with van der Waals surface area (Å²) in [6.45, 7) is 0.396. The summed E-state index contributed by atoms with van der Waals surface area (Å²) in [6, 6.07) is 1.84. The number of alkyl halides is 2. The van der Waals surface area contributed by atoms with Crippen LogP contribution in [0.15, 0.2) is 12.1 Å². The molecule has 0 atom stereocenters. The van der Waals surface area contributed by atoms with Gasteiger partial charge in [-0.05, 0) is 12.1 Å². The number of ketones is 1. The van der Waals surface area contributed by atoms with Gasteiger partial charge in [0, 0.05) is 12.5 Å². The Morgan fingerprint density at radius 1 is 1.33 bits per heavy atom. The lowest BCUT2D eigenvalue weighted by atomic mass is 10.0. The van der Waals surface area contributed by atoms with Crippen molar-refractivity contribution in [2.24, 2.45) is 0 Å². The van der Waals surface area contributed by atoms with Crippen LogP contribution in [0.2, 0.25) is 0 Å². The zero-order chi connectivity index (χ0) is 13.5. The van der Waals surface area contributed by atoms with Crippen LogP contribution in [0.4, 0.5) is 8.78 Å². The van der Waals surface area contributed by atoms with E-state index < -0.39 is 28.8 Å². The first-order valence-electron chi connectivity index (χ1n) is 4.90. The molecule has 18 heavy (non-hydrogen) atoms. The molecule has 0 spiro atoms. The summed E-state index contributed by atoms with van der Waals surface area (Å²) in [5, 5.41) is 8.63. The van der Waals surface area contributed by atoms with Crippen LogP contribution >= 0.6 is 0 Å². The van der Waals surface area contributed by atoms with E-state index in [0.717, 1.165) is 12.1 Å². The number of benzene rings is 1.